The summed E-state index contributed by atoms with van der Waals surface area (Å²) in [4.78, 5) is 13.5. The summed E-state index contributed by atoms with van der Waals surface area (Å²) in [5.41, 5.74) is 0. The molecule has 0 saturated heterocycles. The van der Waals surface area contributed by atoms with Crippen molar-refractivity contribution in [1.82, 2.24) is 10.2 Å². The summed E-state index contributed by atoms with van der Waals surface area (Å²) in [6, 6.07) is 7.71. The van der Waals surface area contributed by atoms with Gasteiger partial charge in [-0.3, -0.25) is 4.79 Å². The van der Waals surface area contributed by atoms with E-state index < -0.39 is 0 Å². The number of hydrogen-bond donors (Lipinski definition) is 1. The van der Waals surface area contributed by atoms with Crippen molar-refractivity contribution in [2.45, 2.75) is 13.8 Å². The highest BCUT2D eigenvalue weighted by molar-refractivity contribution is 9.10. The number of amides is 1. The van der Waals surface area contributed by atoms with Gasteiger partial charge in [0, 0.05) is 24.1 Å². The Morgan fingerprint density at radius 3 is 2.74 bits per heavy atom. The van der Waals surface area contributed by atoms with Crippen molar-refractivity contribution in [1.29, 1.82) is 0 Å². The molecule has 0 aromatic heterocycles. The smallest absolute Gasteiger partial charge is 0.236 e. The molecule has 19 heavy (non-hydrogen) atoms. The van der Waals surface area contributed by atoms with Crippen LogP contribution in [0.15, 0.2) is 28.7 Å². The lowest BCUT2D eigenvalue weighted by atomic mass is 10.3. The van der Waals surface area contributed by atoms with E-state index in [-0.39, 0.29) is 5.91 Å². The molecule has 0 atom stereocenters. The molecule has 1 aromatic rings. The van der Waals surface area contributed by atoms with Crippen LogP contribution >= 0.6 is 15.9 Å². The zero-order valence-corrected chi connectivity index (χ0v) is 13.1. The van der Waals surface area contributed by atoms with E-state index in [0.29, 0.717) is 19.7 Å². The first-order chi connectivity index (χ1) is 9.17. The summed E-state index contributed by atoms with van der Waals surface area (Å²) < 4.78 is 6.56. The minimum absolute atomic E-state index is 0.132. The topological polar surface area (TPSA) is 41.6 Å². The van der Waals surface area contributed by atoms with E-state index in [1.54, 1.807) is 0 Å². The van der Waals surface area contributed by atoms with E-state index in [1.165, 1.54) is 0 Å². The second-order valence-corrected chi connectivity index (χ2v) is 4.96. The molecule has 1 amide bonds. The van der Waals surface area contributed by atoms with Crippen LogP contribution in [-0.2, 0) is 4.79 Å². The third-order valence-electron chi connectivity index (χ3n) is 2.74. The molecule has 0 unspecified atom stereocenters. The first kappa shape index (κ1) is 16.0. The number of carbonyl (C=O) groups is 1. The SMILES string of the molecule is CCN(CC)C(=O)CNCCOc1cccc(Br)c1. The Bertz CT molecular complexity index is 395. The van der Waals surface area contributed by atoms with Gasteiger partial charge in [-0.05, 0) is 32.0 Å². The van der Waals surface area contributed by atoms with Crippen molar-refractivity contribution in [3.8, 4) is 5.75 Å². The molecule has 5 heteroatoms. The first-order valence-corrected chi connectivity index (χ1v) is 7.33. The zero-order chi connectivity index (χ0) is 14.1. The Balaban J connectivity index is 2.16. The Hall–Kier alpha value is -1.07. The molecule has 1 N–H and O–H groups in total. The fourth-order valence-corrected chi connectivity index (χ4v) is 2.06. The number of nitrogens with zero attached hydrogens (tertiary/aromatic N) is 1. The molecule has 1 aromatic carbocycles. The first-order valence-electron chi connectivity index (χ1n) is 6.54. The van der Waals surface area contributed by atoms with E-state index in [2.05, 4.69) is 21.2 Å². The van der Waals surface area contributed by atoms with Crippen LogP contribution in [0.5, 0.6) is 5.75 Å². The molecule has 0 aliphatic heterocycles. The summed E-state index contributed by atoms with van der Waals surface area (Å²) in [5.74, 6) is 0.957. The molecule has 4 nitrogen and oxygen atoms in total. The van der Waals surface area contributed by atoms with E-state index in [0.717, 1.165) is 23.3 Å². The minimum Gasteiger partial charge on any atom is -0.492 e. The predicted molar refractivity (Wildman–Crippen MR) is 80.4 cm³/mol. The van der Waals surface area contributed by atoms with Crippen LogP contribution in [0.25, 0.3) is 0 Å². The lowest BCUT2D eigenvalue weighted by Crippen LogP contribution is -2.39. The summed E-state index contributed by atoms with van der Waals surface area (Å²) in [6.07, 6.45) is 0. The summed E-state index contributed by atoms with van der Waals surface area (Å²) in [7, 11) is 0. The highest BCUT2D eigenvalue weighted by Crippen LogP contribution is 2.17. The third kappa shape index (κ3) is 6.07. The molecule has 0 fully saturated rings. The van der Waals surface area contributed by atoms with Crippen LogP contribution < -0.4 is 10.1 Å². The normalized spacial score (nSPS) is 10.3. The van der Waals surface area contributed by atoms with Gasteiger partial charge < -0.3 is 15.0 Å². The van der Waals surface area contributed by atoms with Crippen molar-refractivity contribution in [2.75, 3.05) is 32.8 Å². The van der Waals surface area contributed by atoms with Crippen molar-refractivity contribution >= 4 is 21.8 Å². The number of rotatable bonds is 8. The molecule has 0 bridgehead atoms. The predicted octanol–water partition coefficient (Wildman–Crippen LogP) is 2.29. The molecule has 0 saturated carbocycles. The number of carbonyl (C=O) groups excluding carboxylic acids is 1. The molecule has 0 heterocycles. The molecule has 106 valence electrons. The highest BCUT2D eigenvalue weighted by Gasteiger charge is 2.07. The summed E-state index contributed by atoms with van der Waals surface area (Å²) in [6.45, 7) is 7.04. The lowest BCUT2D eigenvalue weighted by molar-refractivity contribution is -0.129. The second-order valence-electron chi connectivity index (χ2n) is 4.05. The van der Waals surface area contributed by atoms with Crippen LogP contribution in [0.1, 0.15) is 13.8 Å². The number of benzene rings is 1. The number of nitrogens with one attached hydrogen (secondary N) is 1. The number of ether oxygens (including phenoxy) is 1. The minimum atomic E-state index is 0.132. The van der Waals surface area contributed by atoms with Gasteiger partial charge in [-0.25, -0.2) is 0 Å². The molecular formula is C14H21BrN2O2. The van der Waals surface area contributed by atoms with Gasteiger partial charge in [0.05, 0.1) is 6.54 Å². The Labute approximate surface area is 123 Å². The molecule has 0 aliphatic carbocycles. The van der Waals surface area contributed by atoms with Crippen molar-refractivity contribution in [2.24, 2.45) is 0 Å². The average molecular weight is 329 g/mol. The van der Waals surface area contributed by atoms with Crippen LogP contribution in [0.3, 0.4) is 0 Å². The van der Waals surface area contributed by atoms with Gasteiger partial charge in [0.15, 0.2) is 0 Å². The standard InChI is InChI=1S/C14H21BrN2O2/c1-3-17(4-2)14(18)11-16-8-9-19-13-7-5-6-12(15)10-13/h5-7,10,16H,3-4,8-9,11H2,1-2H3. The Kier molecular flexibility index (Phi) is 7.52. The monoisotopic (exact) mass is 328 g/mol. The van der Waals surface area contributed by atoms with E-state index >= 15 is 0 Å². The Morgan fingerprint density at radius 2 is 2.11 bits per heavy atom. The van der Waals surface area contributed by atoms with E-state index in [4.69, 9.17) is 4.74 Å². The van der Waals surface area contributed by atoms with Crippen molar-refractivity contribution in [3.63, 3.8) is 0 Å². The van der Waals surface area contributed by atoms with Crippen LogP contribution in [-0.4, -0.2) is 43.6 Å². The second kappa shape index (κ2) is 8.93. The van der Waals surface area contributed by atoms with Gasteiger partial charge in [0.2, 0.25) is 5.91 Å². The number of halogens is 1. The van der Waals surface area contributed by atoms with Gasteiger partial charge in [-0.1, -0.05) is 22.0 Å². The summed E-state index contributed by atoms with van der Waals surface area (Å²) in [5, 5.41) is 3.09. The van der Waals surface area contributed by atoms with E-state index in [9.17, 15) is 4.79 Å². The maximum atomic E-state index is 11.7. The van der Waals surface area contributed by atoms with Gasteiger partial charge in [0.1, 0.15) is 12.4 Å². The largest absolute Gasteiger partial charge is 0.492 e. The number of hydrogen-bond acceptors (Lipinski definition) is 3. The van der Waals surface area contributed by atoms with Crippen LogP contribution in [0.2, 0.25) is 0 Å². The molecular weight excluding hydrogens is 308 g/mol. The summed E-state index contributed by atoms with van der Waals surface area (Å²) >= 11 is 3.39. The average Bonchev–Trinajstić information content (AvgIpc) is 2.40. The zero-order valence-electron chi connectivity index (χ0n) is 11.5. The fourth-order valence-electron chi connectivity index (χ4n) is 1.68. The van der Waals surface area contributed by atoms with Crippen molar-refractivity contribution < 1.29 is 9.53 Å². The van der Waals surface area contributed by atoms with Gasteiger partial charge in [-0.2, -0.15) is 0 Å². The maximum absolute atomic E-state index is 11.7. The van der Waals surface area contributed by atoms with Crippen LogP contribution in [0, 0.1) is 0 Å². The quantitative estimate of drug-likeness (QED) is 0.744. The number of likely N-dealkylation sites (N-methyl/N-ethyl adjacent to an activating group) is 1. The lowest BCUT2D eigenvalue weighted by Gasteiger charge is -2.18. The molecule has 0 spiro atoms. The van der Waals surface area contributed by atoms with Gasteiger partial charge in [-0.15, -0.1) is 0 Å². The maximum Gasteiger partial charge on any atom is 0.236 e. The molecule has 1 rings (SSSR count). The van der Waals surface area contributed by atoms with Gasteiger partial charge in [0.25, 0.3) is 0 Å². The van der Waals surface area contributed by atoms with Crippen molar-refractivity contribution in [3.05, 3.63) is 28.7 Å². The third-order valence-corrected chi connectivity index (χ3v) is 3.23. The molecule has 0 aliphatic rings. The Morgan fingerprint density at radius 1 is 1.37 bits per heavy atom. The van der Waals surface area contributed by atoms with Gasteiger partial charge >= 0.3 is 0 Å². The van der Waals surface area contributed by atoms with Crippen LogP contribution in [0.4, 0.5) is 0 Å². The fraction of sp³-hybridized carbons (Fsp3) is 0.500. The highest BCUT2D eigenvalue weighted by atomic mass is 79.9. The molecule has 0 radical (unpaired) electrons. The van der Waals surface area contributed by atoms with E-state index in [1.807, 2.05) is 43.0 Å².